The number of amides is 1. The molecule has 22 heavy (non-hydrogen) atoms. The Balaban J connectivity index is 1.66. The van der Waals surface area contributed by atoms with E-state index in [0.717, 1.165) is 5.56 Å². The second kappa shape index (κ2) is 6.45. The van der Waals surface area contributed by atoms with E-state index in [4.69, 9.17) is 0 Å². The molecule has 0 aliphatic heterocycles. The van der Waals surface area contributed by atoms with Crippen LogP contribution in [-0.2, 0) is 0 Å². The molecule has 0 saturated carbocycles. The van der Waals surface area contributed by atoms with Crippen molar-refractivity contribution < 1.29 is 4.79 Å². The number of carbonyl (C=O) groups is 1. The molecule has 0 saturated heterocycles. The minimum atomic E-state index is -0.359. The maximum atomic E-state index is 12.0. The lowest BCUT2D eigenvalue weighted by atomic mass is 10.1. The fourth-order valence-electron chi connectivity index (χ4n) is 1.86. The maximum Gasteiger partial charge on any atom is 0.289 e. The molecule has 3 aromatic rings. The second-order valence-corrected chi connectivity index (χ2v) is 4.49. The summed E-state index contributed by atoms with van der Waals surface area (Å²) < 4.78 is 0. The van der Waals surface area contributed by atoms with Crippen LogP contribution in [0.4, 0.5) is 0 Å². The predicted octanol–water partition coefficient (Wildman–Crippen LogP) is 2.24. The highest BCUT2D eigenvalue weighted by molar-refractivity contribution is 5.93. The van der Waals surface area contributed by atoms with E-state index < -0.39 is 0 Å². The lowest BCUT2D eigenvalue weighted by molar-refractivity contribution is 0.0950. The highest BCUT2D eigenvalue weighted by Gasteiger charge is 2.09. The molecule has 0 bridgehead atoms. The van der Waals surface area contributed by atoms with Crippen molar-refractivity contribution in [3.63, 3.8) is 0 Å². The van der Waals surface area contributed by atoms with Crippen LogP contribution in [0.2, 0.25) is 0 Å². The summed E-state index contributed by atoms with van der Waals surface area (Å²) in [6.07, 6.45) is 3.14. The van der Waals surface area contributed by atoms with Gasteiger partial charge in [0.15, 0.2) is 0 Å². The van der Waals surface area contributed by atoms with Crippen molar-refractivity contribution >= 4 is 12.1 Å². The van der Waals surface area contributed by atoms with Gasteiger partial charge >= 0.3 is 0 Å². The number of rotatable bonds is 4. The largest absolute Gasteiger partial charge is 0.289 e. The van der Waals surface area contributed by atoms with Gasteiger partial charge in [-0.3, -0.25) is 14.9 Å². The molecule has 0 fully saturated rings. The third-order valence-corrected chi connectivity index (χ3v) is 2.94. The van der Waals surface area contributed by atoms with Gasteiger partial charge in [0.25, 0.3) is 5.91 Å². The Morgan fingerprint density at radius 2 is 1.95 bits per heavy atom. The van der Waals surface area contributed by atoms with Crippen LogP contribution in [0.1, 0.15) is 16.2 Å². The summed E-state index contributed by atoms with van der Waals surface area (Å²) in [5.41, 5.74) is 5.09. The number of H-pyrrole nitrogens is 1. The van der Waals surface area contributed by atoms with Crippen molar-refractivity contribution in [3.8, 4) is 11.3 Å². The zero-order valence-electron chi connectivity index (χ0n) is 11.6. The Labute approximate surface area is 126 Å². The van der Waals surface area contributed by atoms with Crippen molar-refractivity contribution in [2.24, 2.45) is 5.10 Å². The van der Waals surface area contributed by atoms with Crippen molar-refractivity contribution in [3.05, 3.63) is 72.2 Å². The molecule has 1 aromatic carbocycles. The molecule has 3 rings (SSSR count). The van der Waals surface area contributed by atoms with E-state index in [2.05, 4.69) is 25.7 Å². The number of benzene rings is 1. The molecule has 2 heterocycles. The van der Waals surface area contributed by atoms with Gasteiger partial charge in [0, 0.05) is 11.8 Å². The normalized spacial score (nSPS) is 10.7. The standard InChI is InChI=1S/C16H13N5O/c22-16(21-18-11-13-8-4-5-9-17-13)15-10-14(19-20-15)12-6-2-1-3-7-12/h1-11H,(H,19,20)(H,21,22). The summed E-state index contributed by atoms with van der Waals surface area (Å²) >= 11 is 0. The summed E-state index contributed by atoms with van der Waals surface area (Å²) in [5, 5.41) is 10.7. The van der Waals surface area contributed by atoms with E-state index in [-0.39, 0.29) is 5.91 Å². The molecular formula is C16H13N5O. The van der Waals surface area contributed by atoms with Gasteiger partial charge in [0.05, 0.1) is 17.6 Å². The quantitative estimate of drug-likeness (QED) is 0.571. The van der Waals surface area contributed by atoms with E-state index in [9.17, 15) is 4.79 Å². The predicted molar refractivity (Wildman–Crippen MR) is 83.3 cm³/mol. The van der Waals surface area contributed by atoms with Gasteiger partial charge < -0.3 is 0 Å². The average Bonchev–Trinajstić information content (AvgIpc) is 3.07. The number of hydrazone groups is 1. The average molecular weight is 291 g/mol. The van der Waals surface area contributed by atoms with Crippen molar-refractivity contribution in [2.75, 3.05) is 0 Å². The summed E-state index contributed by atoms with van der Waals surface area (Å²) in [5.74, 6) is -0.359. The third kappa shape index (κ3) is 3.24. The van der Waals surface area contributed by atoms with Crippen LogP contribution in [0, 0.1) is 0 Å². The molecular weight excluding hydrogens is 278 g/mol. The lowest BCUT2D eigenvalue weighted by Crippen LogP contribution is -2.18. The minimum absolute atomic E-state index is 0.344. The number of carbonyl (C=O) groups excluding carboxylic acids is 1. The van der Waals surface area contributed by atoms with Crippen molar-refractivity contribution in [2.45, 2.75) is 0 Å². The first kappa shape index (κ1) is 13.7. The first-order valence-electron chi connectivity index (χ1n) is 6.68. The van der Waals surface area contributed by atoms with Crippen LogP contribution in [0.3, 0.4) is 0 Å². The summed E-state index contributed by atoms with van der Waals surface area (Å²) in [7, 11) is 0. The molecule has 0 spiro atoms. The van der Waals surface area contributed by atoms with Gasteiger partial charge in [-0.2, -0.15) is 10.2 Å². The van der Waals surface area contributed by atoms with Crippen LogP contribution in [0.25, 0.3) is 11.3 Å². The zero-order chi connectivity index (χ0) is 15.2. The maximum absolute atomic E-state index is 12.0. The van der Waals surface area contributed by atoms with Crippen LogP contribution in [0.15, 0.2) is 65.9 Å². The highest BCUT2D eigenvalue weighted by Crippen LogP contribution is 2.16. The van der Waals surface area contributed by atoms with Crippen LogP contribution < -0.4 is 5.43 Å². The number of nitrogens with zero attached hydrogens (tertiary/aromatic N) is 3. The van der Waals surface area contributed by atoms with Gasteiger partial charge in [-0.05, 0) is 18.2 Å². The fourth-order valence-corrected chi connectivity index (χ4v) is 1.86. The Hall–Kier alpha value is -3.28. The third-order valence-electron chi connectivity index (χ3n) is 2.94. The smallest absolute Gasteiger partial charge is 0.272 e. The molecule has 0 unspecified atom stereocenters. The molecule has 6 heteroatoms. The first-order valence-corrected chi connectivity index (χ1v) is 6.68. The van der Waals surface area contributed by atoms with Crippen LogP contribution in [0.5, 0.6) is 0 Å². The Kier molecular flexibility index (Phi) is 4.01. The number of hydrogen-bond donors (Lipinski definition) is 2. The molecule has 2 aromatic heterocycles. The summed E-state index contributed by atoms with van der Waals surface area (Å²) in [4.78, 5) is 16.0. The Morgan fingerprint density at radius 3 is 2.73 bits per heavy atom. The number of pyridine rings is 1. The topological polar surface area (TPSA) is 83.0 Å². The van der Waals surface area contributed by atoms with Gasteiger partial charge in [-0.15, -0.1) is 0 Å². The zero-order valence-corrected chi connectivity index (χ0v) is 11.6. The summed E-state index contributed by atoms with van der Waals surface area (Å²) in [6.45, 7) is 0. The molecule has 0 atom stereocenters. The summed E-state index contributed by atoms with van der Waals surface area (Å²) in [6, 6.07) is 16.7. The van der Waals surface area contributed by atoms with Crippen molar-refractivity contribution in [1.82, 2.24) is 20.6 Å². The molecule has 0 radical (unpaired) electrons. The van der Waals surface area contributed by atoms with E-state index >= 15 is 0 Å². The fraction of sp³-hybridized carbons (Fsp3) is 0. The lowest BCUT2D eigenvalue weighted by Gasteiger charge is -1.95. The molecule has 1 amide bonds. The van der Waals surface area contributed by atoms with Gasteiger partial charge in [0.1, 0.15) is 5.69 Å². The van der Waals surface area contributed by atoms with E-state index in [1.54, 1.807) is 18.3 Å². The monoisotopic (exact) mass is 291 g/mol. The van der Waals surface area contributed by atoms with E-state index in [0.29, 0.717) is 17.1 Å². The Morgan fingerprint density at radius 1 is 1.14 bits per heavy atom. The first-order chi connectivity index (χ1) is 10.8. The van der Waals surface area contributed by atoms with E-state index in [1.165, 1.54) is 6.21 Å². The number of nitrogens with one attached hydrogen (secondary N) is 2. The highest BCUT2D eigenvalue weighted by atomic mass is 16.2. The molecule has 0 aliphatic carbocycles. The minimum Gasteiger partial charge on any atom is -0.272 e. The SMILES string of the molecule is O=C(NN=Cc1ccccn1)c1cc(-c2ccccc2)n[nH]1. The Bertz CT molecular complexity index is 781. The number of aromatic amines is 1. The van der Waals surface area contributed by atoms with Crippen LogP contribution in [-0.4, -0.2) is 27.3 Å². The van der Waals surface area contributed by atoms with Gasteiger partial charge in [0.2, 0.25) is 0 Å². The number of aromatic nitrogens is 3. The molecule has 2 N–H and O–H groups in total. The number of hydrogen-bond acceptors (Lipinski definition) is 4. The van der Waals surface area contributed by atoms with Crippen LogP contribution >= 0.6 is 0 Å². The van der Waals surface area contributed by atoms with Crippen molar-refractivity contribution in [1.29, 1.82) is 0 Å². The molecule has 108 valence electrons. The molecule has 0 aliphatic rings. The van der Waals surface area contributed by atoms with E-state index in [1.807, 2.05) is 42.5 Å². The van der Waals surface area contributed by atoms with Gasteiger partial charge in [-0.1, -0.05) is 36.4 Å². The molecule has 6 nitrogen and oxygen atoms in total. The van der Waals surface area contributed by atoms with Gasteiger partial charge in [-0.25, -0.2) is 5.43 Å². The second-order valence-electron chi connectivity index (χ2n) is 4.49.